The van der Waals surface area contributed by atoms with Gasteiger partial charge in [0, 0.05) is 0 Å². The normalized spacial score (nSPS) is 11.6. The maximum absolute atomic E-state index is 11.7. The van der Waals surface area contributed by atoms with E-state index in [0.717, 1.165) is 6.42 Å². The molecule has 0 aliphatic heterocycles. The fraction of sp³-hybridized carbons (Fsp3) is 0.333. The van der Waals surface area contributed by atoms with Crippen molar-refractivity contribution in [2.45, 2.75) is 19.8 Å². The van der Waals surface area contributed by atoms with Crippen LogP contribution < -0.4 is 5.32 Å². The minimum Gasteiger partial charge on any atom is -0.324 e. The lowest BCUT2D eigenvalue weighted by Crippen LogP contribution is -2.21. The molecule has 1 amide bonds. The van der Waals surface area contributed by atoms with Crippen LogP contribution in [-0.4, -0.2) is 5.91 Å². The maximum Gasteiger partial charge on any atom is 0.241 e. The number of hydrogen-bond acceptors (Lipinski definition) is 2. The standard InChI is InChI=1S/C12H13ClN2O/c1-2-5-9(8-14)12(16)15-11-7-4-3-6-10(11)13/h3-4,6-7,9H,2,5H2,1H3,(H,15,16). The molecule has 1 N–H and O–H groups in total. The van der Waals surface area contributed by atoms with E-state index in [2.05, 4.69) is 5.32 Å². The molecule has 3 nitrogen and oxygen atoms in total. The van der Waals surface area contributed by atoms with Crippen molar-refractivity contribution < 1.29 is 4.79 Å². The zero-order chi connectivity index (χ0) is 12.0. The first-order valence-corrected chi connectivity index (χ1v) is 5.51. The van der Waals surface area contributed by atoms with Gasteiger partial charge in [-0.2, -0.15) is 5.26 Å². The number of carbonyl (C=O) groups is 1. The summed E-state index contributed by atoms with van der Waals surface area (Å²) in [6.07, 6.45) is 1.36. The molecule has 0 saturated heterocycles. The summed E-state index contributed by atoms with van der Waals surface area (Å²) in [5, 5.41) is 12.0. The van der Waals surface area contributed by atoms with E-state index in [9.17, 15) is 4.79 Å². The van der Waals surface area contributed by atoms with Gasteiger partial charge in [-0.05, 0) is 18.6 Å². The summed E-state index contributed by atoms with van der Waals surface area (Å²) in [6.45, 7) is 1.94. The highest BCUT2D eigenvalue weighted by atomic mass is 35.5. The summed E-state index contributed by atoms with van der Waals surface area (Å²) in [4.78, 5) is 11.7. The molecule has 0 heterocycles. The molecule has 1 aromatic rings. The van der Waals surface area contributed by atoms with Gasteiger partial charge in [0.15, 0.2) is 0 Å². The molecule has 0 radical (unpaired) electrons. The molecule has 1 rings (SSSR count). The Bertz CT molecular complexity index is 412. The number of amides is 1. The third-order valence-electron chi connectivity index (χ3n) is 2.18. The highest BCUT2D eigenvalue weighted by Gasteiger charge is 2.17. The molecule has 0 aromatic heterocycles. The number of para-hydroxylation sites is 1. The summed E-state index contributed by atoms with van der Waals surface area (Å²) in [5.41, 5.74) is 0.547. The number of nitriles is 1. The fourth-order valence-electron chi connectivity index (χ4n) is 1.33. The van der Waals surface area contributed by atoms with Crippen LogP contribution in [0.15, 0.2) is 24.3 Å². The van der Waals surface area contributed by atoms with E-state index in [0.29, 0.717) is 17.1 Å². The number of nitrogens with one attached hydrogen (secondary N) is 1. The van der Waals surface area contributed by atoms with Gasteiger partial charge in [0.2, 0.25) is 5.91 Å². The van der Waals surface area contributed by atoms with Gasteiger partial charge >= 0.3 is 0 Å². The molecule has 84 valence electrons. The summed E-state index contributed by atoms with van der Waals surface area (Å²) < 4.78 is 0. The van der Waals surface area contributed by atoms with Crippen LogP contribution in [0.2, 0.25) is 5.02 Å². The molecular formula is C12H13ClN2O. The zero-order valence-corrected chi connectivity index (χ0v) is 9.79. The van der Waals surface area contributed by atoms with Crippen molar-refractivity contribution in [3.63, 3.8) is 0 Å². The summed E-state index contributed by atoms with van der Waals surface area (Å²) in [7, 11) is 0. The maximum atomic E-state index is 11.7. The van der Waals surface area contributed by atoms with Crippen LogP contribution >= 0.6 is 11.6 Å². The second-order valence-corrected chi connectivity index (χ2v) is 3.85. The van der Waals surface area contributed by atoms with Gasteiger partial charge in [-0.3, -0.25) is 4.79 Å². The van der Waals surface area contributed by atoms with Crippen molar-refractivity contribution in [3.8, 4) is 6.07 Å². The molecule has 0 aliphatic rings. The molecule has 0 aliphatic carbocycles. The first-order valence-electron chi connectivity index (χ1n) is 5.14. The predicted molar refractivity (Wildman–Crippen MR) is 64.1 cm³/mol. The lowest BCUT2D eigenvalue weighted by atomic mass is 10.0. The molecule has 0 fully saturated rings. The molecule has 1 aromatic carbocycles. The smallest absolute Gasteiger partial charge is 0.241 e. The number of hydrogen-bond donors (Lipinski definition) is 1. The van der Waals surface area contributed by atoms with Crippen LogP contribution in [-0.2, 0) is 4.79 Å². The van der Waals surface area contributed by atoms with Gasteiger partial charge in [-0.25, -0.2) is 0 Å². The fourth-order valence-corrected chi connectivity index (χ4v) is 1.51. The van der Waals surface area contributed by atoms with Gasteiger partial charge in [-0.15, -0.1) is 0 Å². The zero-order valence-electron chi connectivity index (χ0n) is 9.03. The predicted octanol–water partition coefficient (Wildman–Crippen LogP) is 3.22. The van der Waals surface area contributed by atoms with Crippen molar-refractivity contribution >= 4 is 23.2 Å². The van der Waals surface area contributed by atoms with E-state index in [1.54, 1.807) is 24.3 Å². The quantitative estimate of drug-likeness (QED) is 0.873. The van der Waals surface area contributed by atoms with E-state index in [4.69, 9.17) is 16.9 Å². The molecule has 1 unspecified atom stereocenters. The van der Waals surface area contributed by atoms with Crippen LogP contribution in [0.3, 0.4) is 0 Å². The van der Waals surface area contributed by atoms with Crippen LogP contribution in [0, 0.1) is 17.2 Å². The summed E-state index contributed by atoms with van der Waals surface area (Å²) in [5.74, 6) is -0.904. The molecule has 16 heavy (non-hydrogen) atoms. The van der Waals surface area contributed by atoms with Crippen molar-refractivity contribution in [1.82, 2.24) is 0 Å². The Kier molecular flexibility index (Phi) is 4.81. The summed E-state index contributed by atoms with van der Waals surface area (Å²) in [6, 6.07) is 8.95. The minimum absolute atomic E-state index is 0.294. The Morgan fingerprint density at radius 2 is 2.25 bits per heavy atom. The number of benzene rings is 1. The van der Waals surface area contributed by atoms with Crippen LogP contribution in [0.4, 0.5) is 5.69 Å². The minimum atomic E-state index is -0.610. The first kappa shape index (κ1) is 12.5. The van der Waals surface area contributed by atoms with Crippen molar-refractivity contribution in [3.05, 3.63) is 29.3 Å². The molecule has 0 spiro atoms. The average molecular weight is 237 g/mol. The second kappa shape index (κ2) is 6.14. The van der Waals surface area contributed by atoms with Crippen LogP contribution in [0.25, 0.3) is 0 Å². The van der Waals surface area contributed by atoms with Crippen molar-refractivity contribution in [2.24, 2.45) is 5.92 Å². The Morgan fingerprint density at radius 1 is 1.56 bits per heavy atom. The molecule has 1 atom stereocenters. The lowest BCUT2D eigenvalue weighted by molar-refractivity contribution is -0.118. The van der Waals surface area contributed by atoms with E-state index in [1.807, 2.05) is 13.0 Å². The Hall–Kier alpha value is -1.53. The number of halogens is 1. The first-order chi connectivity index (χ1) is 7.69. The average Bonchev–Trinajstić information content (AvgIpc) is 2.29. The number of nitrogens with zero attached hydrogens (tertiary/aromatic N) is 1. The van der Waals surface area contributed by atoms with E-state index in [-0.39, 0.29) is 5.91 Å². The Morgan fingerprint density at radius 3 is 2.81 bits per heavy atom. The molecule has 0 bridgehead atoms. The monoisotopic (exact) mass is 236 g/mol. The van der Waals surface area contributed by atoms with Gasteiger partial charge in [0.25, 0.3) is 0 Å². The number of rotatable bonds is 4. The Labute approximate surface area is 100 Å². The number of carbonyl (C=O) groups excluding carboxylic acids is 1. The molecule has 0 saturated carbocycles. The summed E-state index contributed by atoms with van der Waals surface area (Å²) >= 11 is 5.90. The SMILES string of the molecule is CCCC(C#N)C(=O)Nc1ccccc1Cl. The topological polar surface area (TPSA) is 52.9 Å². The van der Waals surface area contributed by atoms with E-state index in [1.165, 1.54) is 0 Å². The third kappa shape index (κ3) is 3.25. The van der Waals surface area contributed by atoms with Crippen molar-refractivity contribution in [2.75, 3.05) is 5.32 Å². The van der Waals surface area contributed by atoms with Crippen LogP contribution in [0.5, 0.6) is 0 Å². The molecular weight excluding hydrogens is 224 g/mol. The third-order valence-corrected chi connectivity index (χ3v) is 2.51. The second-order valence-electron chi connectivity index (χ2n) is 3.44. The highest BCUT2D eigenvalue weighted by molar-refractivity contribution is 6.33. The van der Waals surface area contributed by atoms with Crippen LogP contribution in [0.1, 0.15) is 19.8 Å². The van der Waals surface area contributed by atoms with Gasteiger partial charge in [-0.1, -0.05) is 37.1 Å². The molecule has 4 heteroatoms. The largest absolute Gasteiger partial charge is 0.324 e. The van der Waals surface area contributed by atoms with Gasteiger partial charge in [0.05, 0.1) is 16.8 Å². The highest BCUT2D eigenvalue weighted by Crippen LogP contribution is 2.21. The Balaban J connectivity index is 2.71. The van der Waals surface area contributed by atoms with E-state index < -0.39 is 5.92 Å². The lowest BCUT2D eigenvalue weighted by Gasteiger charge is -2.10. The van der Waals surface area contributed by atoms with E-state index >= 15 is 0 Å². The number of anilines is 1. The van der Waals surface area contributed by atoms with Crippen molar-refractivity contribution in [1.29, 1.82) is 5.26 Å². The van der Waals surface area contributed by atoms with Gasteiger partial charge in [0.1, 0.15) is 5.92 Å². The van der Waals surface area contributed by atoms with Gasteiger partial charge < -0.3 is 5.32 Å².